The summed E-state index contributed by atoms with van der Waals surface area (Å²) in [6, 6.07) is 21.5. The Morgan fingerprint density at radius 2 is 1.39 bits per heavy atom. The molecule has 0 bridgehead atoms. The van der Waals surface area contributed by atoms with Gasteiger partial charge in [0.15, 0.2) is 0 Å². The molecule has 3 N–H and O–H groups in total. The molecule has 3 aromatic carbocycles. The Labute approximate surface area is 177 Å². The summed E-state index contributed by atoms with van der Waals surface area (Å²) in [6.45, 7) is 0. The summed E-state index contributed by atoms with van der Waals surface area (Å²) in [5.41, 5.74) is 6.31. The van der Waals surface area contributed by atoms with Crippen molar-refractivity contribution in [1.82, 2.24) is 5.32 Å². The van der Waals surface area contributed by atoms with Crippen LogP contribution in [0.1, 0.15) is 28.2 Å². The summed E-state index contributed by atoms with van der Waals surface area (Å²) in [4.78, 5) is 25.2. The first-order valence-corrected chi connectivity index (χ1v) is 9.61. The van der Waals surface area contributed by atoms with Crippen molar-refractivity contribution in [3.63, 3.8) is 0 Å². The quantitative estimate of drug-likeness (QED) is 0.598. The van der Waals surface area contributed by atoms with Crippen LogP contribution >= 0.6 is 0 Å². The van der Waals surface area contributed by atoms with Crippen molar-refractivity contribution in [2.45, 2.75) is 24.6 Å². The molecule has 0 saturated heterocycles. The molecule has 3 aromatic rings. The molecule has 0 heterocycles. The van der Waals surface area contributed by atoms with E-state index in [1.165, 1.54) is 12.1 Å². The number of hydrogen-bond donors (Lipinski definition) is 2. The van der Waals surface area contributed by atoms with E-state index >= 15 is 0 Å². The molecule has 160 valence electrons. The highest BCUT2D eigenvalue weighted by Crippen LogP contribution is 2.30. The van der Waals surface area contributed by atoms with Crippen LogP contribution in [0.2, 0.25) is 0 Å². The largest absolute Gasteiger partial charge is 0.416 e. The maximum absolute atomic E-state index is 13.2. The molecular weight excluding hydrogens is 405 g/mol. The molecule has 0 aromatic heterocycles. The van der Waals surface area contributed by atoms with Gasteiger partial charge in [0.05, 0.1) is 11.5 Å². The number of halogens is 3. The van der Waals surface area contributed by atoms with Crippen molar-refractivity contribution in [3.8, 4) is 0 Å². The van der Waals surface area contributed by atoms with Crippen molar-refractivity contribution in [2.24, 2.45) is 5.73 Å². The van der Waals surface area contributed by atoms with Gasteiger partial charge in [-0.15, -0.1) is 0 Å². The van der Waals surface area contributed by atoms with E-state index in [4.69, 9.17) is 5.73 Å². The van der Waals surface area contributed by atoms with Crippen LogP contribution in [0.5, 0.6) is 0 Å². The van der Waals surface area contributed by atoms with E-state index in [1.54, 1.807) is 48.5 Å². The van der Waals surface area contributed by atoms with Crippen molar-refractivity contribution in [3.05, 3.63) is 107 Å². The number of benzene rings is 3. The lowest BCUT2D eigenvalue weighted by Gasteiger charge is -2.22. The summed E-state index contributed by atoms with van der Waals surface area (Å²) in [6.07, 6.45) is -4.66. The smallest absolute Gasteiger partial charge is 0.368 e. The second-order valence-electron chi connectivity index (χ2n) is 7.12. The predicted octanol–water partition coefficient (Wildman–Crippen LogP) is 4.05. The Hall–Kier alpha value is -3.61. The molecule has 0 fully saturated rings. The fourth-order valence-corrected chi connectivity index (χ4v) is 3.37. The number of primary amides is 1. The van der Waals surface area contributed by atoms with Crippen LogP contribution in [0.15, 0.2) is 84.9 Å². The number of hydrogen-bond acceptors (Lipinski definition) is 2. The van der Waals surface area contributed by atoms with Crippen molar-refractivity contribution in [1.29, 1.82) is 0 Å². The lowest BCUT2D eigenvalue weighted by molar-refractivity contribution is -0.137. The van der Waals surface area contributed by atoms with Crippen molar-refractivity contribution in [2.75, 3.05) is 0 Å². The molecule has 0 aliphatic rings. The van der Waals surface area contributed by atoms with E-state index in [2.05, 4.69) is 5.32 Å². The molecule has 3 rings (SSSR count). The normalized spacial score (nSPS) is 12.4. The van der Waals surface area contributed by atoms with E-state index < -0.39 is 35.5 Å². The summed E-state index contributed by atoms with van der Waals surface area (Å²) >= 11 is 0. The van der Waals surface area contributed by atoms with Crippen LogP contribution in [0.3, 0.4) is 0 Å². The van der Waals surface area contributed by atoms with Crippen LogP contribution in [-0.4, -0.2) is 17.9 Å². The summed E-state index contributed by atoms with van der Waals surface area (Å²) in [5, 5.41) is 2.63. The van der Waals surface area contributed by atoms with Gasteiger partial charge in [0, 0.05) is 6.42 Å². The maximum atomic E-state index is 13.2. The molecule has 31 heavy (non-hydrogen) atoms. The summed E-state index contributed by atoms with van der Waals surface area (Å²) in [7, 11) is 0. The Bertz CT molecular complexity index is 998. The Morgan fingerprint density at radius 1 is 0.839 bits per heavy atom. The van der Waals surface area contributed by atoms with E-state index in [0.29, 0.717) is 11.1 Å². The van der Waals surface area contributed by atoms with Gasteiger partial charge in [0.2, 0.25) is 11.8 Å². The van der Waals surface area contributed by atoms with Crippen LogP contribution in [-0.2, 0) is 22.2 Å². The van der Waals surface area contributed by atoms with E-state index in [9.17, 15) is 22.8 Å². The average Bonchev–Trinajstić information content (AvgIpc) is 2.74. The number of nitrogens with two attached hydrogens (primary N) is 1. The van der Waals surface area contributed by atoms with Gasteiger partial charge in [-0.1, -0.05) is 78.9 Å². The van der Waals surface area contributed by atoms with E-state index in [-0.39, 0.29) is 12.0 Å². The summed E-state index contributed by atoms with van der Waals surface area (Å²) in [5.74, 6) is -2.00. The first-order chi connectivity index (χ1) is 14.8. The first kappa shape index (κ1) is 22.1. The van der Waals surface area contributed by atoms with Gasteiger partial charge in [0.25, 0.3) is 0 Å². The molecule has 0 aliphatic heterocycles. The van der Waals surface area contributed by atoms with Gasteiger partial charge in [-0.2, -0.15) is 13.2 Å². The van der Waals surface area contributed by atoms with E-state index in [1.807, 2.05) is 12.1 Å². The second kappa shape index (κ2) is 9.47. The van der Waals surface area contributed by atoms with Crippen LogP contribution < -0.4 is 11.1 Å². The SMILES string of the molecule is NC(=O)[C@@H](Cc1cccc(C(F)(F)F)c1)NC(=O)C(c1ccccc1)c1ccccc1. The summed E-state index contributed by atoms with van der Waals surface area (Å²) < 4.78 is 39.0. The minimum absolute atomic E-state index is 0.151. The minimum Gasteiger partial charge on any atom is -0.368 e. The fourth-order valence-electron chi connectivity index (χ4n) is 3.37. The molecular formula is C24H21F3N2O2. The highest BCUT2D eigenvalue weighted by atomic mass is 19.4. The number of amides is 2. The van der Waals surface area contributed by atoms with Crippen molar-refractivity contribution < 1.29 is 22.8 Å². The zero-order valence-corrected chi connectivity index (χ0v) is 16.5. The lowest BCUT2D eigenvalue weighted by atomic mass is 9.90. The van der Waals surface area contributed by atoms with Gasteiger partial charge >= 0.3 is 6.18 Å². The van der Waals surface area contributed by atoms with Crippen molar-refractivity contribution >= 4 is 11.8 Å². The number of carbonyl (C=O) groups excluding carboxylic acids is 2. The Kier molecular flexibility index (Phi) is 6.74. The standard InChI is InChI=1S/C24H21F3N2O2/c25-24(26,27)19-13-7-8-16(14-19)15-20(22(28)30)29-23(31)21(17-9-3-1-4-10-17)18-11-5-2-6-12-18/h1-14,20-21H,15H2,(H2,28,30)(H,29,31)/t20-/m1/s1. The number of rotatable bonds is 7. The average molecular weight is 426 g/mol. The third-order valence-electron chi connectivity index (χ3n) is 4.88. The van der Waals surface area contributed by atoms with Crippen LogP contribution in [0, 0.1) is 0 Å². The minimum atomic E-state index is -4.51. The molecule has 0 spiro atoms. The van der Waals surface area contributed by atoms with Gasteiger partial charge in [0.1, 0.15) is 6.04 Å². The van der Waals surface area contributed by atoms with Crippen LogP contribution in [0.25, 0.3) is 0 Å². The zero-order valence-electron chi connectivity index (χ0n) is 16.5. The highest BCUT2D eigenvalue weighted by molar-refractivity contribution is 5.92. The Balaban J connectivity index is 1.86. The molecule has 1 atom stereocenters. The molecule has 0 saturated carbocycles. The van der Waals surface area contributed by atoms with Gasteiger partial charge in [-0.05, 0) is 22.8 Å². The number of carbonyl (C=O) groups is 2. The molecule has 0 aliphatic carbocycles. The third-order valence-corrected chi connectivity index (χ3v) is 4.88. The maximum Gasteiger partial charge on any atom is 0.416 e. The molecule has 2 amide bonds. The molecule has 0 unspecified atom stereocenters. The van der Waals surface area contributed by atoms with Gasteiger partial charge in [-0.3, -0.25) is 9.59 Å². The first-order valence-electron chi connectivity index (χ1n) is 9.61. The molecule has 7 heteroatoms. The lowest BCUT2D eigenvalue weighted by Crippen LogP contribution is -2.47. The number of alkyl halides is 3. The molecule has 4 nitrogen and oxygen atoms in total. The Morgan fingerprint density at radius 3 is 1.87 bits per heavy atom. The monoisotopic (exact) mass is 426 g/mol. The van der Waals surface area contributed by atoms with E-state index in [0.717, 1.165) is 12.1 Å². The van der Waals surface area contributed by atoms with Gasteiger partial charge in [-0.25, -0.2) is 0 Å². The zero-order chi connectivity index (χ0) is 22.4. The topological polar surface area (TPSA) is 72.2 Å². The molecule has 0 radical (unpaired) electrons. The van der Waals surface area contributed by atoms with Crippen LogP contribution in [0.4, 0.5) is 13.2 Å². The number of nitrogens with one attached hydrogen (secondary N) is 1. The second-order valence-corrected chi connectivity index (χ2v) is 7.12. The van der Waals surface area contributed by atoms with Gasteiger partial charge < -0.3 is 11.1 Å². The highest BCUT2D eigenvalue weighted by Gasteiger charge is 2.31. The third kappa shape index (κ3) is 5.72. The predicted molar refractivity (Wildman–Crippen MR) is 111 cm³/mol. The fraction of sp³-hybridized carbons (Fsp3) is 0.167.